The third kappa shape index (κ3) is 3.05. The highest BCUT2D eigenvalue weighted by Crippen LogP contribution is 2.13. The van der Waals surface area contributed by atoms with Crippen molar-refractivity contribution in [3.63, 3.8) is 0 Å². The van der Waals surface area contributed by atoms with E-state index in [4.69, 9.17) is 0 Å². The third-order valence-electron chi connectivity index (χ3n) is 2.28. The molecule has 1 aromatic heterocycles. The lowest BCUT2D eigenvalue weighted by Crippen LogP contribution is -2.24. The molecule has 1 rings (SSSR count). The Kier molecular flexibility index (Phi) is 3.74. The van der Waals surface area contributed by atoms with Gasteiger partial charge in [-0.2, -0.15) is 0 Å². The second-order valence-electron chi connectivity index (χ2n) is 3.64. The molecule has 0 saturated carbocycles. The Morgan fingerprint density at radius 3 is 2.38 bits per heavy atom. The molecule has 1 atom stereocenters. The maximum atomic E-state index is 3.98. The molecule has 0 bridgehead atoms. The summed E-state index contributed by atoms with van der Waals surface area (Å²) in [4.78, 5) is 3.98. The highest BCUT2D eigenvalue weighted by molar-refractivity contribution is 5.41. The van der Waals surface area contributed by atoms with Crippen LogP contribution in [0.25, 0.3) is 0 Å². The number of nitrogens with one attached hydrogen (secondary N) is 1. The standard InChI is InChI=1S/C11H18N2/c1-4-11(9(2)3)13-10-5-7-12-8-6-10/h5-9,11H,4H2,1-3H3,(H,12,13). The zero-order chi connectivity index (χ0) is 9.68. The lowest BCUT2D eigenvalue weighted by Gasteiger charge is -2.21. The molecule has 0 amide bonds. The fraction of sp³-hybridized carbons (Fsp3) is 0.545. The monoisotopic (exact) mass is 178 g/mol. The SMILES string of the molecule is CCC(Nc1ccncc1)C(C)C. The number of anilines is 1. The van der Waals surface area contributed by atoms with E-state index < -0.39 is 0 Å². The van der Waals surface area contributed by atoms with Crippen LogP contribution >= 0.6 is 0 Å². The predicted octanol–water partition coefficient (Wildman–Crippen LogP) is 2.93. The van der Waals surface area contributed by atoms with E-state index in [2.05, 4.69) is 31.1 Å². The van der Waals surface area contributed by atoms with Crippen molar-refractivity contribution in [3.05, 3.63) is 24.5 Å². The van der Waals surface area contributed by atoms with Gasteiger partial charge in [-0.15, -0.1) is 0 Å². The van der Waals surface area contributed by atoms with E-state index in [0.29, 0.717) is 12.0 Å². The molecule has 72 valence electrons. The molecule has 0 aromatic carbocycles. The van der Waals surface area contributed by atoms with Crippen LogP contribution < -0.4 is 5.32 Å². The number of nitrogens with zero attached hydrogens (tertiary/aromatic N) is 1. The summed E-state index contributed by atoms with van der Waals surface area (Å²) in [6.45, 7) is 6.68. The van der Waals surface area contributed by atoms with Crippen LogP contribution in [0.1, 0.15) is 27.2 Å². The summed E-state index contributed by atoms with van der Waals surface area (Å²) in [5, 5.41) is 3.49. The van der Waals surface area contributed by atoms with Crippen LogP contribution in [-0.2, 0) is 0 Å². The molecular formula is C11H18N2. The Morgan fingerprint density at radius 2 is 1.92 bits per heavy atom. The van der Waals surface area contributed by atoms with Crippen molar-refractivity contribution in [2.75, 3.05) is 5.32 Å². The topological polar surface area (TPSA) is 24.9 Å². The van der Waals surface area contributed by atoms with E-state index in [0.717, 1.165) is 12.1 Å². The van der Waals surface area contributed by atoms with Crippen LogP contribution in [0.15, 0.2) is 24.5 Å². The average Bonchev–Trinajstić information content (AvgIpc) is 2.15. The minimum Gasteiger partial charge on any atom is -0.382 e. The maximum Gasteiger partial charge on any atom is 0.0373 e. The number of hydrogen-bond donors (Lipinski definition) is 1. The van der Waals surface area contributed by atoms with Gasteiger partial charge in [0.1, 0.15) is 0 Å². The van der Waals surface area contributed by atoms with Crippen molar-refractivity contribution in [1.29, 1.82) is 0 Å². The van der Waals surface area contributed by atoms with Gasteiger partial charge in [0.05, 0.1) is 0 Å². The molecule has 0 fully saturated rings. The van der Waals surface area contributed by atoms with Gasteiger partial charge in [-0.3, -0.25) is 4.98 Å². The van der Waals surface area contributed by atoms with E-state index in [9.17, 15) is 0 Å². The van der Waals surface area contributed by atoms with E-state index in [1.54, 1.807) is 0 Å². The van der Waals surface area contributed by atoms with Gasteiger partial charge in [-0.1, -0.05) is 20.8 Å². The molecule has 13 heavy (non-hydrogen) atoms. The number of pyridine rings is 1. The molecule has 0 aliphatic carbocycles. The highest BCUT2D eigenvalue weighted by atomic mass is 14.9. The third-order valence-corrected chi connectivity index (χ3v) is 2.28. The van der Waals surface area contributed by atoms with E-state index in [1.807, 2.05) is 24.5 Å². The Hall–Kier alpha value is -1.05. The quantitative estimate of drug-likeness (QED) is 0.766. The van der Waals surface area contributed by atoms with Crippen molar-refractivity contribution in [2.45, 2.75) is 33.2 Å². The van der Waals surface area contributed by atoms with Crippen LogP contribution in [0.3, 0.4) is 0 Å². The molecule has 0 aliphatic rings. The molecule has 0 aliphatic heterocycles. The van der Waals surface area contributed by atoms with Gasteiger partial charge in [0.15, 0.2) is 0 Å². The molecule has 2 heteroatoms. The van der Waals surface area contributed by atoms with Gasteiger partial charge in [-0.25, -0.2) is 0 Å². The normalized spacial score (nSPS) is 12.9. The summed E-state index contributed by atoms with van der Waals surface area (Å²) < 4.78 is 0. The van der Waals surface area contributed by atoms with Gasteiger partial charge in [-0.05, 0) is 24.5 Å². The summed E-state index contributed by atoms with van der Waals surface area (Å²) in [6, 6.07) is 4.57. The second kappa shape index (κ2) is 4.85. The summed E-state index contributed by atoms with van der Waals surface area (Å²) in [5.74, 6) is 0.665. The van der Waals surface area contributed by atoms with Crippen molar-refractivity contribution in [2.24, 2.45) is 5.92 Å². The number of aromatic nitrogens is 1. The lowest BCUT2D eigenvalue weighted by molar-refractivity contribution is 0.511. The Labute approximate surface area is 80.4 Å². The summed E-state index contributed by atoms with van der Waals surface area (Å²) in [7, 11) is 0. The average molecular weight is 178 g/mol. The van der Waals surface area contributed by atoms with Crippen LogP contribution in [-0.4, -0.2) is 11.0 Å². The van der Waals surface area contributed by atoms with Crippen LogP contribution in [0.2, 0.25) is 0 Å². The fourth-order valence-electron chi connectivity index (χ4n) is 1.40. The highest BCUT2D eigenvalue weighted by Gasteiger charge is 2.09. The molecule has 0 saturated heterocycles. The number of hydrogen-bond acceptors (Lipinski definition) is 2. The van der Waals surface area contributed by atoms with Crippen molar-refractivity contribution in [1.82, 2.24) is 4.98 Å². The van der Waals surface area contributed by atoms with Crippen LogP contribution in [0.4, 0.5) is 5.69 Å². The second-order valence-corrected chi connectivity index (χ2v) is 3.64. The molecule has 1 aromatic rings. The zero-order valence-corrected chi connectivity index (χ0v) is 8.62. The first-order valence-electron chi connectivity index (χ1n) is 4.90. The molecule has 1 N–H and O–H groups in total. The number of rotatable bonds is 4. The molecule has 1 heterocycles. The van der Waals surface area contributed by atoms with Gasteiger partial charge in [0.2, 0.25) is 0 Å². The predicted molar refractivity (Wildman–Crippen MR) is 56.8 cm³/mol. The Morgan fingerprint density at radius 1 is 1.31 bits per heavy atom. The van der Waals surface area contributed by atoms with Crippen molar-refractivity contribution >= 4 is 5.69 Å². The first-order valence-corrected chi connectivity index (χ1v) is 4.90. The minimum absolute atomic E-state index is 0.558. The molecule has 1 unspecified atom stereocenters. The maximum absolute atomic E-state index is 3.98. The van der Waals surface area contributed by atoms with Gasteiger partial charge in [0.25, 0.3) is 0 Å². The first-order chi connectivity index (χ1) is 6.24. The van der Waals surface area contributed by atoms with E-state index in [1.165, 1.54) is 0 Å². The van der Waals surface area contributed by atoms with Crippen LogP contribution in [0, 0.1) is 5.92 Å². The van der Waals surface area contributed by atoms with Gasteiger partial charge >= 0.3 is 0 Å². The zero-order valence-electron chi connectivity index (χ0n) is 8.62. The minimum atomic E-state index is 0.558. The van der Waals surface area contributed by atoms with Crippen molar-refractivity contribution in [3.8, 4) is 0 Å². The largest absolute Gasteiger partial charge is 0.382 e. The molecule has 2 nitrogen and oxygen atoms in total. The molecular weight excluding hydrogens is 160 g/mol. The fourth-order valence-corrected chi connectivity index (χ4v) is 1.40. The smallest absolute Gasteiger partial charge is 0.0373 e. The van der Waals surface area contributed by atoms with Crippen LogP contribution in [0.5, 0.6) is 0 Å². The molecule has 0 radical (unpaired) electrons. The summed E-state index contributed by atoms with van der Waals surface area (Å²) >= 11 is 0. The Bertz CT molecular complexity index is 231. The van der Waals surface area contributed by atoms with Gasteiger partial charge < -0.3 is 5.32 Å². The van der Waals surface area contributed by atoms with E-state index >= 15 is 0 Å². The van der Waals surface area contributed by atoms with Gasteiger partial charge in [0, 0.05) is 24.1 Å². The first kappa shape index (κ1) is 10.0. The summed E-state index contributed by atoms with van der Waals surface area (Å²) in [6.07, 6.45) is 4.78. The van der Waals surface area contributed by atoms with Crippen molar-refractivity contribution < 1.29 is 0 Å². The molecule has 0 spiro atoms. The Balaban J connectivity index is 2.57. The summed E-state index contributed by atoms with van der Waals surface area (Å²) in [5.41, 5.74) is 1.16. The van der Waals surface area contributed by atoms with E-state index in [-0.39, 0.29) is 0 Å². The lowest BCUT2D eigenvalue weighted by atomic mass is 10.0.